The summed E-state index contributed by atoms with van der Waals surface area (Å²) in [5.74, 6) is 1.81. The van der Waals surface area contributed by atoms with Crippen molar-refractivity contribution in [1.29, 1.82) is 0 Å². The van der Waals surface area contributed by atoms with Crippen molar-refractivity contribution in [2.24, 2.45) is 0 Å². The van der Waals surface area contributed by atoms with E-state index < -0.39 is 60.4 Å². The molecule has 0 amide bonds. The molecule has 0 atom stereocenters. The van der Waals surface area contributed by atoms with Crippen LogP contribution in [0.3, 0.4) is 0 Å². The average molecular weight is 1340 g/mol. The molecule has 0 N–H and O–H groups in total. The van der Waals surface area contributed by atoms with Gasteiger partial charge in [0.25, 0.3) is 0 Å². The van der Waals surface area contributed by atoms with Crippen LogP contribution in [0.2, 0.25) is 0 Å². The van der Waals surface area contributed by atoms with Gasteiger partial charge in [0, 0.05) is 6.20 Å². The van der Waals surface area contributed by atoms with E-state index in [1.807, 2.05) is 149 Å². The summed E-state index contributed by atoms with van der Waals surface area (Å²) in [5.41, 5.74) is 12.5. The van der Waals surface area contributed by atoms with Gasteiger partial charge in [-0.1, -0.05) is 32.9 Å². The van der Waals surface area contributed by atoms with Crippen molar-refractivity contribution >= 4 is 54.6 Å². The molecular weight excluding hydrogens is 1270 g/mol. The Bertz CT molecular complexity index is 5850. The van der Waals surface area contributed by atoms with Crippen molar-refractivity contribution in [3.8, 4) is 90.0 Å². The predicted molar refractivity (Wildman–Crippen MR) is 365 cm³/mol. The molecule has 0 bridgehead atoms. The Hall–Kier alpha value is -10.7. The molecule has 6 nitrogen and oxygen atoms in total. The van der Waals surface area contributed by atoms with E-state index >= 15 is 0 Å². The van der Waals surface area contributed by atoms with Crippen molar-refractivity contribution in [3.63, 3.8) is 0 Å². The molecule has 16 rings (SSSR count). The maximum absolute atomic E-state index is 9.82. The van der Waals surface area contributed by atoms with Crippen molar-refractivity contribution in [2.45, 2.75) is 26.2 Å². The van der Waals surface area contributed by atoms with E-state index in [9.17, 15) is 11.0 Å². The van der Waals surface area contributed by atoms with Crippen LogP contribution in [0.1, 0.15) is 40.0 Å². The van der Waals surface area contributed by atoms with Crippen molar-refractivity contribution < 1.29 is 37.8 Å². The third-order valence-electron chi connectivity index (χ3n) is 16.8. The van der Waals surface area contributed by atoms with Gasteiger partial charge in [-0.3, -0.25) is 0 Å². The van der Waals surface area contributed by atoms with Crippen LogP contribution in [0.15, 0.2) is 303 Å². The Morgan fingerprint density at radius 3 is 1.43 bits per heavy atom. The SMILES string of the molecule is [2H]c1c([2H])c([2H])c(-c2cc(-n3c4ccccc4c4ccccc43)cc(-c3c([2H])c([2H])c([2H])c([2H])c3[2H])c2-n2[c](=[Pt])n(-c3cc(Oc4ccc5c6ccccc6n(-c6cc(C(C)(C)C)ccn6)c5c4)cc(-c4c(-c5ccccc5)cccc4-c4ccccc4)c3)c3ccccc32)c([2H])c1[2H]. The van der Waals surface area contributed by atoms with E-state index in [1.165, 1.54) is 0 Å². The van der Waals surface area contributed by atoms with Crippen LogP contribution in [-0.4, -0.2) is 23.3 Å². The summed E-state index contributed by atoms with van der Waals surface area (Å²) in [6.45, 7) is 6.58. The average Bonchev–Trinajstić information content (AvgIpc) is 1.69. The Balaban J connectivity index is 1.02. The minimum atomic E-state index is -0.592. The number of para-hydroxylation sites is 5. The molecule has 16 aromatic rings. The Labute approximate surface area is 541 Å². The number of rotatable bonds is 11. The molecule has 0 saturated heterocycles. The molecule has 0 unspecified atom stereocenters. The topological polar surface area (TPSA) is 41.8 Å². The van der Waals surface area contributed by atoms with Crippen LogP contribution in [0.5, 0.6) is 11.5 Å². The fourth-order valence-electron chi connectivity index (χ4n) is 12.8. The molecule has 0 saturated carbocycles. The summed E-state index contributed by atoms with van der Waals surface area (Å²) in [6.07, 6.45) is 1.87. The molecular formula is C82H59N5OPt. The summed E-state index contributed by atoms with van der Waals surface area (Å²) in [7, 11) is 0. The summed E-state index contributed by atoms with van der Waals surface area (Å²) in [4.78, 5) is 4.98. The second-order valence-electron chi connectivity index (χ2n) is 23.1. The first-order chi connectivity index (χ1) is 47.9. The first-order valence-corrected chi connectivity index (χ1v) is 30.6. The summed E-state index contributed by atoms with van der Waals surface area (Å²) in [5, 5.41) is 3.90. The Morgan fingerprint density at radius 2 is 0.865 bits per heavy atom. The van der Waals surface area contributed by atoms with Gasteiger partial charge in [0.15, 0.2) is 0 Å². The fraction of sp³-hybridized carbons (Fsp3) is 0.0488. The predicted octanol–water partition coefficient (Wildman–Crippen LogP) is 21.5. The standard InChI is InChI=1S/C82H59N5O.Pt/c1-82(2,3)60-45-46-83-79(49-60)87-75-40-21-18-35-69(75)70-44-43-63(53-78(70)87)88-64-48-59(80-65(55-25-8-4-9-26-55)36-24-37-66(80)56-27-10-5-11-28-56)47-61(50-64)84-54-85(77-42-23-22-41-76(77)84)81-71(57-29-12-6-13-30-57)51-62(52-72(81)58-31-14-7-15-32-58)86-73-38-19-16-33-67(73)68-34-17-20-39-74(68)86;/h4-53H,1-3H3;/i6D,7D,12D,13D,14D,15D,29D,30D,31D,32D;. The van der Waals surface area contributed by atoms with E-state index in [2.05, 4.69) is 140 Å². The minimum absolute atomic E-state index is 0.134. The zero-order chi connectivity index (χ0) is 68.4. The molecule has 0 spiro atoms. The van der Waals surface area contributed by atoms with Gasteiger partial charge in [0.2, 0.25) is 0 Å². The van der Waals surface area contributed by atoms with Crippen LogP contribution < -0.4 is 4.74 Å². The zero-order valence-electron chi connectivity index (χ0n) is 58.6. The summed E-state index contributed by atoms with van der Waals surface area (Å²) >= 11 is 2.26. The van der Waals surface area contributed by atoms with Gasteiger partial charge in [-0.25, -0.2) is 0 Å². The van der Waals surface area contributed by atoms with Crippen LogP contribution >= 0.6 is 0 Å². The third-order valence-corrected chi connectivity index (χ3v) is 17.8. The number of nitrogens with zero attached hydrogens (tertiary/aromatic N) is 5. The molecule has 0 radical (unpaired) electrons. The van der Waals surface area contributed by atoms with Gasteiger partial charge in [0.1, 0.15) is 0 Å². The summed E-state index contributed by atoms with van der Waals surface area (Å²) in [6, 6.07) is 73.3. The molecule has 428 valence electrons. The number of hydrogen-bond acceptors (Lipinski definition) is 2. The van der Waals surface area contributed by atoms with Crippen molar-refractivity contribution in [3.05, 3.63) is 313 Å². The summed E-state index contributed by atoms with van der Waals surface area (Å²) < 4.78 is 110. The quantitative estimate of drug-likeness (QED) is 0.130. The molecule has 0 fully saturated rings. The zero-order valence-corrected chi connectivity index (χ0v) is 50.8. The van der Waals surface area contributed by atoms with Gasteiger partial charge in [-0.15, -0.1) is 0 Å². The van der Waals surface area contributed by atoms with Crippen molar-refractivity contribution in [1.82, 2.24) is 23.3 Å². The Morgan fingerprint density at radius 1 is 0.371 bits per heavy atom. The molecule has 12 aromatic carbocycles. The molecule has 89 heavy (non-hydrogen) atoms. The third kappa shape index (κ3) is 9.38. The van der Waals surface area contributed by atoms with E-state index in [1.54, 1.807) is 12.1 Å². The van der Waals surface area contributed by atoms with Crippen LogP contribution in [0.4, 0.5) is 0 Å². The number of imidazole rings is 1. The Kier molecular flexibility index (Phi) is 10.8. The maximum atomic E-state index is 9.82. The van der Waals surface area contributed by atoms with E-state index in [4.69, 9.17) is 12.5 Å². The number of ether oxygens (including phenoxy) is 1. The van der Waals surface area contributed by atoms with Gasteiger partial charge >= 0.3 is 488 Å². The number of fused-ring (bicyclic) bond motifs is 7. The van der Waals surface area contributed by atoms with E-state index in [0.29, 0.717) is 37.7 Å². The molecule has 0 aliphatic carbocycles. The van der Waals surface area contributed by atoms with Gasteiger partial charge in [-0.05, 0) is 17.0 Å². The normalized spacial score (nSPS) is 13.4. The van der Waals surface area contributed by atoms with Gasteiger partial charge < -0.3 is 0 Å². The second-order valence-corrected chi connectivity index (χ2v) is 24.1. The molecule has 7 heteroatoms. The van der Waals surface area contributed by atoms with Crippen LogP contribution in [0.25, 0.3) is 133 Å². The second kappa shape index (κ2) is 21.9. The van der Waals surface area contributed by atoms with Crippen molar-refractivity contribution in [2.75, 3.05) is 0 Å². The van der Waals surface area contributed by atoms with Gasteiger partial charge in [-0.2, -0.15) is 0 Å². The molecule has 4 aromatic heterocycles. The number of benzene rings is 12. The molecule has 0 aliphatic heterocycles. The number of hydrogen-bond donors (Lipinski definition) is 0. The number of pyridine rings is 1. The first kappa shape index (κ1) is 43.9. The van der Waals surface area contributed by atoms with E-state index in [-0.39, 0.29) is 33.4 Å². The van der Waals surface area contributed by atoms with E-state index in [0.717, 1.165) is 88.4 Å². The monoisotopic (exact) mass is 1330 g/mol. The van der Waals surface area contributed by atoms with Gasteiger partial charge in [0.05, 0.1) is 0 Å². The van der Waals surface area contributed by atoms with Crippen LogP contribution in [0, 0.1) is 3.80 Å². The first-order valence-electron chi connectivity index (χ1n) is 34.4. The van der Waals surface area contributed by atoms with Crippen LogP contribution in [-0.2, 0) is 24.8 Å². The fourth-order valence-corrected chi connectivity index (χ4v) is 13.9. The molecule has 4 heterocycles. The number of aromatic nitrogens is 5. The molecule has 0 aliphatic rings.